The number of rotatable bonds is 3. The van der Waals surface area contributed by atoms with Gasteiger partial charge in [-0.2, -0.15) is 0 Å². The molecule has 0 unspecified atom stereocenters. The minimum atomic E-state index is -0.591. The van der Waals surface area contributed by atoms with E-state index >= 15 is 0 Å². The van der Waals surface area contributed by atoms with Gasteiger partial charge >= 0.3 is 0 Å². The summed E-state index contributed by atoms with van der Waals surface area (Å²) in [5.74, 6) is -0.360. The summed E-state index contributed by atoms with van der Waals surface area (Å²) in [6.07, 6.45) is 0. The number of β-amino-alcohol motifs (C(OH)–C–C–N with tert-alkyl or cyclic N) is 1. The van der Waals surface area contributed by atoms with Crippen LogP contribution in [0.25, 0.3) is 11.0 Å². The number of aliphatic hydroxyl groups is 1. The summed E-state index contributed by atoms with van der Waals surface area (Å²) in [6.45, 7) is 1.71. The van der Waals surface area contributed by atoms with Crippen LogP contribution in [-0.2, 0) is 0 Å². The molecule has 3 aromatic rings. The normalized spacial score (nSPS) is 16.3. The maximum Gasteiger partial charge on any atom is 0.290 e. The molecule has 1 aromatic heterocycles. The van der Waals surface area contributed by atoms with Crippen molar-refractivity contribution in [1.82, 2.24) is 4.90 Å². The molecule has 0 saturated heterocycles. The Kier molecular flexibility index (Phi) is 4.05. The molecule has 0 bridgehead atoms. The third kappa shape index (κ3) is 2.43. The molecule has 4 rings (SSSR count). The minimum Gasteiger partial charge on any atom is -0.450 e. The molecule has 0 fully saturated rings. The largest absolute Gasteiger partial charge is 0.450 e. The molecule has 2 heterocycles. The number of carbonyl (C=O) groups excluding carboxylic acids is 1. The molecule has 0 aliphatic carbocycles. The monoisotopic (exact) mass is 369 g/mol. The van der Waals surface area contributed by atoms with Gasteiger partial charge in [-0.3, -0.25) is 9.59 Å². The summed E-state index contributed by atoms with van der Waals surface area (Å²) < 4.78 is 5.83. The lowest BCUT2D eigenvalue weighted by molar-refractivity contribution is 0.0691. The van der Waals surface area contributed by atoms with Gasteiger partial charge in [0.2, 0.25) is 5.76 Å². The molecule has 1 atom stereocenters. The topological polar surface area (TPSA) is 70.8 Å². The molecule has 0 spiro atoms. The third-order valence-electron chi connectivity index (χ3n) is 4.70. The summed E-state index contributed by atoms with van der Waals surface area (Å²) in [5, 5.41) is 10.2. The van der Waals surface area contributed by atoms with Crippen LogP contribution in [0, 0.1) is 6.92 Å². The first-order chi connectivity index (χ1) is 12.5. The maximum atomic E-state index is 13.2. The standard InChI is InChI=1S/C20H16ClNO4/c1-11-9-15-13(10-14(11)21)18(24)16-17(12-5-3-2-4-6-12)22(7-8-23)20(25)19(16)26-15/h2-6,9-10,17,23H,7-8H2,1H3/t17-/m0/s1. The van der Waals surface area contributed by atoms with Crippen LogP contribution in [0.5, 0.6) is 0 Å². The average Bonchev–Trinajstić information content (AvgIpc) is 2.91. The molecule has 1 amide bonds. The molecular weight excluding hydrogens is 354 g/mol. The Balaban J connectivity index is 2.04. The van der Waals surface area contributed by atoms with Gasteiger partial charge < -0.3 is 14.4 Å². The highest BCUT2D eigenvalue weighted by atomic mass is 35.5. The molecular formula is C20H16ClNO4. The van der Waals surface area contributed by atoms with Crippen LogP contribution in [0.15, 0.2) is 51.7 Å². The summed E-state index contributed by atoms with van der Waals surface area (Å²) >= 11 is 6.18. The van der Waals surface area contributed by atoms with E-state index in [1.54, 1.807) is 12.1 Å². The smallest absolute Gasteiger partial charge is 0.290 e. The number of aryl methyl sites for hydroxylation is 1. The summed E-state index contributed by atoms with van der Waals surface area (Å²) in [6, 6.07) is 11.9. The van der Waals surface area contributed by atoms with Gasteiger partial charge in [-0.25, -0.2) is 0 Å². The molecule has 2 aromatic carbocycles. The number of fused-ring (bicyclic) bond motifs is 2. The van der Waals surface area contributed by atoms with Crippen molar-refractivity contribution in [2.75, 3.05) is 13.2 Å². The van der Waals surface area contributed by atoms with Crippen molar-refractivity contribution < 1.29 is 14.3 Å². The molecule has 0 radical (unpaired) electrons. The van der Waals surface area contributed by atoms with Crippen molar-refractivity contribution in [3.8, 4) is 0 Å². The van der Waals surface area contributed by atoms with E-state index in [0.717, 1.165) is 11.1 Å². The SMILES string of the molecule is Cc1cc2oc3c(c(=O)c2cc1Cl)[C@H](c1ccccc1)N(CCO)C3=O. The average molecular weight is 370 g/mol. The minimum absolute atomic E-state index is 0.0338. The van der Waals surface area contributed by atoms with E-state index in [-0.39, 0.29) is 24.3 Å². The van der Waals surface area contributed by atoms with E-state index in [2.05, 4.69) is 0 Å². The second-order valence-electron chi connectivity index (χ2n) is 6.31. The lowest BCUT2D eigenvalue weighted by atomic mass is 9.98. The Labute approximate surface area is 154 Å². The van der Waals surface area contributed by atoms with Crippen LogP contribution >= 0.6 is 11.6 Å². The number of amides is 1. The number of nitrogens with zero attached hydrogens (tertiary/aromatic N) is 1. The number of benzene rings is 2. The molecule has 1 aliphatic rings. The van der Waals surface area contributed by atoms with E-state index in [0.29, 0.717) is 21.6 Å². The van der Waals surface area contributed by atoms with Gasteiger partial charge in [0, 0.05) is 11.6 Å². The molecule has 1 aliphatic heterocycles. The number of aliphatic hydroxyl groups excluding tert-OH is 1. The number of hydrogen-bond acceptors (Lipinski definition) is 4. The first kappa shape index (κ1) is 16.8. The van der Waals surface area contributed by atoms with Crippen LogP contribution in [-0.4, -0.2) is 29.1 Å². The van der Waals surface area contributed by atoms with E-state index in [1.807, 2.05) is 37.3 Å². The van der Waals surface area contributed by atoms with Gasteiger partial charge in [-0.1, -0.05) is 41.9 Å². The van der Waals surface area contributed by atoms with Gasteiger partial charge in [-0.05, 0) is 30.2 Å². The van der Waals surface area contributed by atoms with Gasteiger partial charge in [-0.15, -0.1) is 0 Å². The summed E-state index contributed by atoms with van der Waals surface area (Å²) in [7, 11) is 0. The molecule has 132 valence electrons. The zero-order chi connectivity index (χ0) is 18.4. The van der Waals surface area contributed by atoms with Gasteiger partial charge in [0.1, 0.15) is 5.58 Å². The predicted molar refractivity (Wildman–Crippen MR) is 98.6 cm³/mol. The van der Waals surface area contributed by atoms with Crippen molar-refractivity contribution in [2.24, 2.45) is 0 Å². The van der Waals surface area contributed by atoms with Crippen LogP contribution in [0.4, 0.5) is 0 Å². The number of hydrogen-bond donors (Lipinski definition) is 1. The van der Waals surface area contributed by atoms with Crippen molar-refractivity contribution in [3.63, 3.8) is 0 Å². The third-order valence-corrected chi connectivity index (χ3v) is 5.11. The molecule has 1 N–H and O–H groups in total. The van der Waals surface area contributed by atoms with E-state index in [9.17, 15) is 14.7 Å². The van der Waals surface area contributed by atoms with Crippen molar-refractivity contribution in [2.45, 2.75) is 13.0 Å². The van der Waals surface area contributed by atoms with E-state index < -0.39 is 11.9 Å². The highest BCUT2D eigenvalue weighted by molar-refractivity contribution is 6.32. The van der Waals surface area contributed by atoms with Crippen molar-refractivity contribution in [3.05, 3.63) is 80.2 Å². The Morgan fingerprint density at radius 2 is 1.92 bits per heavy atom. The lowest BCUT2D eigenvalue weighted by Crippen LogP contribution is -2.32. The van der Waals surface area contributed by atoms with Crippen LogP contribution in [0.1, 0.15) is 33.3 Å². The molecule has 0 saturated carbocycles. The van der Waals surface area contributed by atoms with E-state index in [1.165, 1.54) is 4.90 Å². The first-order valence-corrected chi connectivity index (χ1v) is 8.64. The van der Waals surface area contributed by atoms with Crippen molar-refractivity contribution in [1.29, 1.82) is 0 Å². The van der Waals surface area contributed by atoms with Crippen LogP contribution in [0.3, 0.4) is 0 Å². The number of halogens is 1. The Morgan fingerprint density at radius 3 is 2.62 bits per heavy atom. The molecule has 26 heavy (non-hydrogen) atoms. The Hall–Kier alpha value is -2.63. The zero-order valence-corrected chi connectivity index (χ0v) is 14.8. The maximum absolute atomic E-state index is 13.2. The fraction of sp³-hybridized carbons (Fsp3) is 0.200. The van der Waals surface area contributed by atoms with Crippen LogP contribution < -0.4 is 5.43 Å². The predicted octanol–water partition coefficient (Wildman–Crippen LogP) is 3.29. The summed E-state index contributed by atoms with van der Waals surface area (Å²) in [5.41, 5.74) is 1.91. The highest BCUT2D eigenvalue weighted by Crippen LogP contribution is 2.38. The van der Waals surface area contributed by atoms with E-state index in [4.69, 9.17) is 16.0 Å². The summed E-state index contributed by atoms with van der Waals surface area (Å²) in [4.78, 5) is 27.5. The van der Waals surface area contributed by atoms with Crippen molar-refractivity contribution >= 4 is 28.5 Å². The first-order valence-electron chi connectivity index (χ1n) is 8.26. The number of carbonyl (C=O) groups is 1. The lowest BCUT2D eigenvalue weighted by Gasteiger charge is -2.24. The highest BCUT2D eigenvalue weighted by Gasteiger charge is 2.42. The zero-order valence-electron chi connectivity index (χ0n) is 14.0. The van der Waals surface area contributed by atoms with Crippen LogP contribution in [0.2, 0.25) is 5.02 Å². The second kappa shape index (κ2) is 6.27. The fourth-order valence-corrected chi connectivity index (χ4v) is 3.62. The van der Waals surface area contributed by atoms with Gasteiger partial charge in [0.15, 0.2) is 5.43 Å². The molecule has 6 heteroatoms. The van der Waals surface area contributed by atoms with Gasteiger partial charge in [0.05, 0.1) is 23.6 Å². The fourth-order valence-electron chi connectivity index (χ4n) is 3.46. The quantitative estimate of drug-likeness (QED) is 0.769. The Bertz CT molecular complexity index is 1070. The van der Waals surface area contributed by atoms with Gasteiger partial charge in [0.25, 0.3) is 5.91 Å². The Morgan fingerprint density at radius 1 is 1.19 bits per heavy atom. The molecule has 5 nitrogen and oxygen atoms in total. The second-order valence-corrected chi connectivity index (χ2v) is 6.71.